The van der Waals surface area contributed by atoms with Crippen molar-refractivity contribution in [1.29, 1.82) is 0 Å². The number of carbonyl (C=O) groups is 3. The number of anilines is 2. The minimum atomic E-state index is -3.73. The molecular weight excluding hydrogens is 688 g/mol. The molecule has 13 heteroatoms. The Morgan fingerprint density at radius 1 is 0.765 bits per heavy atom. The summed E-state index contributed by atoms with van der Waals surface area (Å²) in [5.41, 5.74) is 9.40. The van der Waals surface area contributed by atoms with Gasteiger partial charge in [0.15, 0.2) is 0 Å². The quantitative estimate of drug-likeness (QED) is 0.107. The molecule has 0 spiro atoms. The molecule has 6 N–H and O–H groups in total. The average Bonchev–Trinajstić information content (AvgIpc) is 3.10. The number of nitrogens with two attached hydrogens (primary N) is 1. The number of amides is 3. The lowest BCUT2D eigenvalue weighted by atomic mass is 10.0. The van der Waals surface area contributed by atoms with Crippen LogP contribution >= 0.6 is 11.6 Å². The highest BCUT2D eigenvalue weighted by Crippen LogP contribution is 2.23. The van der Waals surface area contributed by atoms with Gasteiger partial charge in [-0.2, -0.15) is 0 Å². The first-order chi connectivity index (χ1) is 24.1. The van der Waals surface area contributed by atoms with Crippen LogP contribution < -0.4 is 31.3 Å². The second-order valence-corrected chi connectivity index (χ2v) is 15.1. The molecule has 0 fully saturated rings. The van der Waals surface area contributed by atoms with Crippen molar-refractivity contribution in [3.05, 3.63) is 130 Å². The molecule has 270 valence electrons. The highest BCUT2D eigenvalue weighted by atomic mass is 35.5. The van der Waals surface area contributed by atoms with E-state index in [2.05, 4.69) is 21.3 Å². The van der Waals surface area contributed by atoms with Gasteiger partial charge in [0.05, 0.1) is 30.1 Å². The van der Waals surface area contributed by atoms with E-state index in [1.165, 1.54) is 25.2 Å². The van der Waals surface area contributed by atoms with Gasteiger partial charge in [0.2, 0.25) is 15.9 Å². The lowest BCUT2D eigenvalue weighted by molar-refractivity contribution is -0.123. The SMILES string of the molecule is C[C@H](NC[C@H](Cc1ccccc1)NC(=O)c1cc(C(=O)N[C@H](C)c2cccc(Cl)c2)cc(N(C)S(C)(=O)=O)c1)C(=O)N[C@H](C)c1ccc(N)cc1. The van der Waals surface area contributed by atoms with Gasteiger partial charge in [-0.3, -0.25) is 18.7 Å². The van der Waals surface area contributed by atoms with Crippen molar-refractivity contribution < 1.29 is 22.8 Å². The molecule has 0 aliphatic carbocycles. The van der Waals surface area contributed by atoms with Crippen molar-refractivity contribution in [2.75, 3.05) is 29.9 Å². The first-order valence-corrected chi connectivity index (χ1v) is 18.7. The van der Waals surface area contributed by atoms with Crippen LogP contribution in [0.2, 0.25) is 5.02 Å². The van der Waals surface area contributed by atoms with Crippen LogP contribution in [0.15, 0.2) is 97.1 Å². The number of nitrogen functional groups attached to an aromatic ring is 1. The Balaban J connectivity index is 1.54. The number of halogens is 1. The van der Waals surface area contributed by atoms with Crippen molar-refractivity contribution in [1.82, 2.24) is 21.3 Å². The number of carbonyl (C=O) groups excluding carboxylic acids is 3. The molecule has 0 unspecified atom stereocenters. The normalized spacial score (nSPS) is 13.7. The third-order valence-electron chi connectivity index (χ3n) is 8.52. The molecule has 3 amide bonds. The van der Waals surface area contributed by atoms with Crippen molar-refractivity contribution in [3.63, 3.8) is 0 Å². The summed E-state index contributed by atoms with van der Waals surface area (Å²) in [5.74, 6) is -1.24. The van der Waals surface area contributed by atoms with Gasteiger partial charge in [-0.05, 0) is 86.3 Å². The minimum absolute atomic E-state index is 0.0877. The molecular formula is C38H45ClN6O5S. The zero-order valence-electron chi connectivity index (χ0n) is 29.3. The fourth-order valence-electron chi connectivity index (χ4n) is 5.35. The van der Waals surface area contributed by atoms with Gasteiger partial charge in [-0.25, -0.2) is 8.42 Å². The van der Waals surface area contributed by atoms with E-state index in [1.54, 1.807) is 44.2 Å². The second kappa shape index (κ2) is 17.3. The van der Waals surface area contributed by atoms with E-state index in [1.807, 2.05) is 55.5 Å². The van der Waals surface area contributed by atoms with Crippen LogP contribution in [0.3, 0.4) is 0 Å². The van der Waals surface area contributed by atoms with E-state index in [0.29, 0.717) is 17.1 Å². The largest absolute Gasteiger partial charge is 0.399 e. The van der Waals surface area contributed by atoms with Crippen LogP contribution in [0, 0.1) is 0 Å². The molecule has 0 bridgehead atoms. The van der Waals surface area contributed by atoms with Crippen LogP contribution in [0.25, 0.3) is 0 Å². The fraction of sp³-hybridized carbons (Fsp3) is 0.289. The highest BCUT2D eigenvalue weighted by Gasteiger charge is 2.23. The van der Waals surface area contributed by atoms with Crippen LogP contribution in [0.1, 0.15) is 70.3 Å². The number of nitrogens with one attached hydrogen (secondary N) is 4. The lowest BCUT2D eigenvalue weighted by Crippen LogP contribution is -2.49. The Labute approximate surface area is 305 Å². The number of rotatable bonds is 15. The summed E-state index contributed by atoms with van der Waals surface area (Å²) in [4.78, 5) is 40.5. The molecule has 0 saturated carbocycles. The molecule has 0 aliphatic heterocycles. The number of sulfonamides is 1. The zero-order chi connectivity index (χ0) is 37.3. The highest BCUT2D eigenvalue weighted by molar-refractivity contribution is 7.92. The maximum atomic E-state index is 13.9. The van der Waals surface area contributed by atoms with Gasteiger partial charge in [-0.1, -0.05) is 66.2 Å². The van der Waals surface area contributed by atoms with Crippen LogP contribution in [-0.2, 0) is 21.2 Å². The second-order valence-electron chi connectivity index (χ2n) is 12.6. The summed E-state index contributed by atoms with van der Waals surface area (Å²) >= 11 is 6.14. The van der Waals surface area contributed by atoms with Crippen molar-refractivity contribution >= 4 is 50.7 Å². The summed E-state index contributed by atoms with van der Waals surface area (Å²) in [6.07, 6.45) is 1.47. The van der Waals surface area contributed by atoms with Gasteiger partial charge >= 0.3 is 0 Å². The smallest absolute Gasteiger partial charge is 0.251 e. The zero-order valence-corrected chi connectivity index (χ0v) is 30.9. The topological polar surface area (TPSA) is 163 Å². The van der Waals surface area contributed by atoms with Gasteiger partial charge in [0.25, 0.3) is 11.8 Å². The molecule has 0 heterocycles. The maximum absolute atomic E-state index is 13.9. The minimum Gasteiger partial charge on any atom is -0.399 e. The number of hydrogen-bond acceptors (Lipinski definition) is 7. The number of nitrogens with zero attached hydrogens (tertiary/aromatic N) is 1. The molecule has 4 rings (SSSR count). The van der Waals surface area contributed by atoms with Crippen molar-refractivity contribution in [3.8, 4) is 0 Å². The lowest BCUT2D eigenvalue weighted by Gasteiger charge is -2.24. The van der Waals surface area contributed by atoms with Gasteiger partial charge in [0, 0.05) is 41.5 Å². The molecule has 4 aromatic rings. The molecule has 4 aromatic carbocycles. The maximum Gasteiger partial charge on any atom is 0.251 e. The Kier molecular flexibility index (Phi) is 13.2. The molecule has 0 saturated heterocycles. The molecule has 0 aliphatic rings. The summed E-state index contributed by atoms with van der Waals surface area (Å²) in [5, 5.41) is 12.7. The molecule has 0 radical (unpaired) electrons. The van der Waals surface area contributed by atoms with Gasteiger partial charge < -0.3 is 27.0 Å². The van der Waals surface area contributed by atoms with Gasteiger partial charge in [0.1, 0.15) is 0 Å². The summed E-state index contributed by atoms with van der Waals surface area (Å²) < 4.78 is 26.0. The Hall–Kier alpha value is -4.91. The number of hydrogen-bond donors (Lipinski definition) is 5. The molecule has 51 heavy (non-hydrogen) atoms. The standard InChI is InChI=1S/C38H45ClN6O5S/c1-24(28-14-16-33(40)17-15-28)42-36(46)26(3)41-23-34(18-27-10-7-6-8-11-27)44-38(48)31-19-30(21-35(22-31)45(4)51(5,49)50)37(47)43-25(2)29-12-9-13-32(39)20-29/h6-17,19-22,24-26,34,41H,18,23,40H2,1-5H3,(H,42,46)(H,43,47)(H,44,48)/t24-,25-,26+,34+/m1/s1. The summed E-state index contributed by atoms with van der Waals surface area (Å²) in [6.45, 7) is 5.66. The monoisotopic (exact) mass is 732 g/mol. The number of benzene rings is 4. The van der Waals surface area contributed by atoms with Gasteiger partial charge in [-0.15, -0.1) is 0 Å². The van der Waals surface area contributed by atoms with E-state index < -0.39 is 40.0 Å². The van der Waals surface area contributed by atoms with Crippen LogP contribution in [0.5, 0.6) is 0 Å². The van der Waals surface area contributed by atoms with Crippen molar-refractivity contribution in [2.45, 2.75) is 51.4 Å². The Bertz CT molecular complexity index is 1940. The fourth-order valence-corrected chi connectivity index (χ4v) is 6.03. The molecule has 0 aromatic heterocycles. The average molecular weight is 733 g/mol. The molecule has 4 atom stereocenters. The van der Waals surface area contributed by atoms with E-state index in [9.17, 15) is 22.8 Å². The Morgan fingerprint density at radius 2 is 1.37 bits per heavy atom. The predicted molar refractivity (Wildman–Crippen MR) is 203 cm³/mol. The van der Waals surface area contributed by atoms with Crippen LogP contribution in [0.4, 0.5) is 11.4 Å². The van der Waals surface area contributed by atoms with E-state index in [0.717, 1.165) is 27.3 Å². The summed E-state index contributed by atoms with van der Waals surface area (Å²) in [6, 6.07) is 26.4. The Morgan fingerprint density at radius 3 is 1.98 bits per heavy atom. The van der Waals surface area contributed by atoms with E-state index in [4.69, 9.17) is 17.3 Å². The molecule has 11 nitrogen and oxygen atoms in total. The predicted octanol–water partition coefficient (Wildman–Crippen LogP) is 5.01. The third kappa shape index (κ3) is 11.3. The first kappa shape index (κ1) is 38.9. The third-order valence-corrected chi connectivity index (χ3v) is 9.96. The van der Waals surface area contributed by atoms with Crippen LogP contribution in [-0.4, -0.2) is 58.1 Å². The van der Waals surface area contributed by atoms with Crippen molar-refractivity contribution in [2.24, 2.45) is 0 Å². The van der Waals surface area contributed by atoms with E-state index >= 15 is 0 Å². The summed E-state index contributed by atoms with van der Waals surface area (Å²) in [7, 11) is -2.38. The van der Waals surface area contributed by atoms with E-state index in [-0.39, 0.29) is 35.3 Å². The first-order valence-electron chi connectivity index (χ1n) is 16.5.